The van der Waals surface area contributed by atoms with E-state index in [1.165, 1.54) is 0 Å². The zero-order chi connectivity index (χ0) is 27.4. The second-order valence-corrected chi connectivity index (χ2v) is 11.2. The molecule has 3 aromatic heterocycles. The number of terminal acetylenes is 2. The molecule has 3 aliphatic rings. The van der Waals surface area contributed by atoms with E-state index in [1.807, 2.05) is 24.3 Å². The monoisotopic (exact) mass is 555 g/mol. The first-order valence-electron chi connectivity index (χ1n) is 13.4. The number of ether oxygens (including phenoxy) is 1. The van der Waals surface area contributed by atoms with Crippen molar-refractivity contribution in [1.82, 2.24) is 29.7 Å². The van der Waals surface area contributed by atoms with Gasteiger partial charge in [-0.3, -0.25) is 9.51 Å². The molecule has 4 heterocycles. The predicted octanol–water partition coefficient (Wildman–Crippen LogP) is 4.08. The SMILES string of the molecule is C#CC1CCC2(CC1)CC2n1c(N2CCOCC2C#C)nc2nc(-c3noc(=O)[nH]3)nc(-c3cccc(Cl)c3)c21. The number of halogens is 1. The number of hydrogen-bond acceptors (Lipinski definition) is 8. The third-order valence-corrected chi connectivity index (χ3v) is 8.77. The minimum absolute atomic E-state index is 0.120. The van der Waals surface area contributed by atoms with Crippen LogP contribution in [-0.2, 0) is 4.74 Å². The number of anilines is 1. The topological polar surface area (TPSA) is 115 Å². The van der Waals surface area contributed by atoms with Crippen molar-refractivity contribution in [3.8, 4) is 47.6 Å². The van der Waals surface area contributed by atoms with Crippen LogP contribution in [-0.4, -0.2) is 55.5 Å². The number of nitrogens with one attached hydrogen (secondary N) is 1. The Kier molecular flexibility index (Phi) is 5.92. The molecular weight excluding hydrogens is 530 g/mol. The van der Waals surface area contributed by atoms with E-state index >= 15 is 0 Å². The highest BCUT2D eigenvalue weighted by molar-refractivity contribution is 6.30. The highest BCUT2D eigenvalue weighted by atomic mass is 35.5. The van der Waals surface area contributed by atoms with Gasteiger partial charge in [0, 0.05) is 29.1 Å². The molecule has 0 amide bonds. The van der Waals surface area contributed by atoms with Gasteiger partial charge in [-0.1, -0.05) is 34.8 Å². The number of H-pyrrole nitrogens is 1. The molecule has 4 aromatic rings. The summed E-state index contributed by atoms with van der Waals surface area (Å²) in [4.78, 5) is 31.2. The summed E-state index contributed by atoms with van der Waals surface area (Å²) in [6.07, 6.45) is 16.9. The molecule has 3 fully saturated rings. The molecule has 10 nitrogen and oxygen atoms in total. The smallest absolute Gasteiger partial charge is 0.376 e. The van der Waals surface area contributed by atoms with Crippen molar-refractivity contribution in [3.05, 3.63) is 39.8 Å². The Hall–Kier alpha value is -4.12. The maximum absolute atomic E-state index is 11.7. The zero-order valence-electron chi connectivity index (χ0n) is 21.6. The van der Waals surface area contributed by atoms with Gasteiger partial charge in [0.1, 0.15) is 17.3 Å². The van der Waals surface area contributed by atoms with Crippen LogP contribution >= 0.6 is 11.6 Å². The van der Waals surface area contributed by atoms with Crippen LogP contribution < -0.4 is 10.7 Å². The maximum Gasteiger partial charge on any atom is 0.439 e. The summed E-state index contributed by atoms with van der Waals surface area (Å²) < 4.78 is 12.7. The third kappa shape index (κ3) is 4.07. The molecule has 2 saturated carbocycles. The zero-order valence-corrected chi connectivity index (χ0v) is 22.4. The second-order valence-electron chi connectivity index (χ2n) is 10.8. The summed E-state index contributed by atoms with van der Waals surface area (Å²) in [5, 5.41) is 4.39. The lowest BCUT2D eigenvalue weighted by Gasteiger charge is -2.34. The van der Waals surface area contributed by atoms with E-state index in [0.29, 0.717) is 42.0 Å². The van der Waals surface area contributed by atoms with Crippen LogP contribution in [0.3, 0.4) is 0 Å². The number of imidazole rings is 1. The summed E-state index contributed by atoms with van der Waals surface area (Å²) in [5.41, 5.74) is 2.82. The van der Waals surface area contributed by atoms with Crippen molar-refractivity contribution in [1.29, 1.82) is 0 Å². The fraction of sp³-hybridized carbons (Fsp3) is 0.414. The summed E-state index contributed by atoms with van der Waals surface area (Å²) in [6, 6.07) is 7.40. The van der Waals surface area contributed by atoms with Crippen LogP contribution in [0.5, 0.6) is 0 Å². The predicted molar refractivity (Wildman–Crippen MR) is 150 cm³/mol. The van der Waals surface area contributed by atoms with Crippen LogP contribution in [0.4, 0.5) is 5.95 Å². The number of rotatable bonds is 4. The van der Waals surface area contributed by atoms with Gasteiger partial charge in [-0.2, -0.15) is 4.98 Å². The first kappa shape index (κ1) is 24.9. The van der Waals surface area contributed by atoms with Gasteiger partial charge in [0.05, 0.1) is 13.2 Å². The molecule has 2 unspecified atom stereocenters. The molecule has 202 valence electrons. The van der Waals surface area contributed by atoms with Crippen molar-refractivity contribution >= 4 is 28.7 Å². The molecule has 7 rings (SSSR count). The minimum Gasteiger partial charge on any atom is -0.376 e. The van der Waals surface area contributed by atoms with Crippen molar-refractivity contribution < 1.29 is 9.26 Å². The number of aromatic nitrogens is 6. The number of benzene rings is 1. The van der Waals surface area contributed by atoms with E-state index in [2.05, 4.69) is 31.4 Å². The molecule has 2 atom stereocenters. The Morgan fingerprint density at radius 2 is 2.00 bits per heavy atom. The van der Waals surface area contributed by atoms with E-state index < -0.39 is 5.76 Å². The van der Waals surface area contributed by atoms with Crippen LogP contribution in [0.2, 0.25) is 5.02 Å². The van der Waals surface area contributed by atoms with Gasteiger partial charge in [-0.25, -0.2) is 14.8 Å². The van der Waals surface area contributed by atoms with Crippen LogP contribution in [0.1, 0.15) is 38.1 Å². The Balaban J connectivity index is 1.47. The van der Waals surface area contributed by atoms with Crippen molar-refractivity contribution in [3.63, 3.8) is 0 Å². The maximum atomic E-state index is 11.7. The minimum atomic E-state index is -0.693. The van der Waals surface area contributed by atoms with E-state index in [1.54, 1.807) is 0 Å². The van der Waals surface area contributed by atoms with Crippen LogP contribution in [0, 0.1) is 36.0 Å². The number of nitrogens with zero attached hydrogens (tertiary/aromatic N) is 6. The fourth-order valence-corrected chi connectivity index (χ4v) is 6.52. The lowest BCUT2D eigenvalue weighted by molar-refractivity contribution is 0.107. The van der Waals surface area contributed by atoms with Crippen LogP contribution in [0.25, 0.3) is 34.1 Å². The lowest BCUT2D eigenvalue weighted by Crippen LogP contribution is -2.46. The van der Waals surface area contributed by atoms with Gasteiger partial charge in [0.15, 0.2) is 5.65 Å². The molecule has 11 heteroatoms. The Bertz CT molecular complexity index is 1750. The lowest BCUT2D eigenvalue weighted by atomic mass is 9.79. The molecule has 0 radical (unpaired) electrons. The number of aromatic amines is 1. The summed E-state index contributed by atoms with van der Waals surface area (Å²) in [6.45, 7) is 1.55. The molecule has 1 spiro atoms. The molecule has 2 aliphatic carbocycles. The average Bonchev–Trinajstić information content (AvgIpc) is 3.28. The van der Waals surface area contributed by atoms with Crippen molar-refractivity contribution in [2.45, 2.75) is 44.2 Å². The Morgan fingerprint density at radius 3 is 2.73 bits per heavy atom. The van der Waals surface area contributed by atoms with Gasteiger partial charge in [-0.05, 0) is 49.7 Å². The first-order valence-corrected chi connectivity index (χ1v) is 13.8. The third-order valence-electron chi connectivity index (χ3n) is 8.53. The summed E-state index contributed by atoms with van der Waals surface area (Å²) in [7, 11) is 0. The quantitative estimate of drug-likeness (QED) is 0.375. The molecule has 0 bridgehead atoms. The summed E-state index contributed by atoms with van der Waals surface area (Å²) >= 11 is 6.43. The number of hydrogen-bond donors (Lipinski definition) is 1. The highest BCUT2D eigenvalue weighted by Crippen LogP contribution is 2.66. The van der Waals surface area contributed by atoms with E-state index in [9.17, 15) is 4.79 Å². The van der Waals surface area contributed by atoms with Crippen molar-refractivity contribution in [2.24, 2.45) is 11.3 Å². The van der Waals surface area contributed by atoms with Gasteiger partial charge in [-0.15, -0.1) is 18.8 Å². The molecule has 1 aliphatic heterocycles. The summed E-state index contributed by atoms with van der Waals surface area (Å²) in [5.74, 6) is 6.51. The Morgan fingerprint density at radius 1 is 1.15 bits per heavy atom. The highest BCUT2D eigenvalue weighted by Gasteiger charge is 2.57. The second kappa shape index (κ2) is 9.51. The van der Waals surface area contributed by atoms with E-state index in [4.69, 9.17) is 48.7 Å². The van der Waals surface area contributed by atoms with Gasteiger partial charge in [0.2, 0.25) is 17.6 Å². The van der Waals surface area contributed by atoms with Gasteiger partial charge in [0.25, 0.3) is 0 Å². The average molecular weight is 556 g/mol. The molecule has 40 heavy (non-hydrogen) atoms. The van der Waals surface area contributed by atoms with E-state index in [0.717, 1.165) is 49.1 Å². The normalized spacial score (nSPS) is 26.1. The largest absolute Gasteiger partial charge is 0.439 e. The van der Waals surface area contributed by atoms with Crippen LogP contribution in [0.15, 0.2) is 33.6 Å². The fourth-order valence-electron chi connectivity index (χ4n) is 6.33. The van der Waals surface area contributed by atoms with E-state index in [-0.39, 0.29) is 29.1 Å². The standard InChI is InChI=1S/C29H26ClN7O3/c1-3-17-8-10-29(11-9-17)15-21(29)37-23-22(18-6-5-7-19(30)14-18)31-25(26-34-28(38)40-35-26)32-24(23)33-27(37)36-12-13-39-16-20(36)4-2/h1-2,5-7,14,17,20-21H,8-13,15-16H2,(H,34,35,38). The molecule has 1 N–H and O–H groups in total. The molecule has 1 aromatic carbocycles. The Labute approximate surface area is 235 Å². The number of fused-ring (bicyclic) bond motifs is 1. The molecule has 1 saturated heterocycles. The van der Waals surface area contributed by atoms with Gasteiger partial charge >= 0.3 is 5.76 Å². The number of morpholine rings is 1. The molecular formula is C29H26ClN7O3. The first-order chi connectivity index (χ1) is 19.5. The van der Waals surface area contributed by atoms with Gasteiger partial charge < -0.3 is 14.2 Å². The van der Waals surface area contributed by atoms with Crippen molar-refractivity contribution in [2.75, 3.05) is 24.7 Å².